The van der Waals surface area contributed by atoms with E-state index in [9.17, 15) is 9.59 Å². The van der Waals surface area contributed by atoms with Crippen LogP contribution < -0.4 is 0 Å². The Morgan fingerprint density at radius 1 is 1.50 bits per heavy atom. The number of rotatable bonds is 2. The van der Waals surface area contributed by atoms with Gasteiger partial charge in [0.1, 0.15) is 5.78 Å². The van der Waals surface area contributed by atoms with Crippen LogP contribution in [0.25, 0.3) is 0 Å². The van der Waals surface area contributed by atoms with Crippen molar-refractivity contribution < 1.29 is 14.3 Å². The molecule has 0 amide bonds. The quantitative estimate of drug-likeness (QED) is 0.635. The zero-order chi connectivity index (χ0) is 10.7. The molecule has 80 valence electrons. The van der Waals surface area contributed by atoms with Crippen molar-refractivity contribution in [1.29, 1.82) is 0 Å². The zero-order valence-electron chi connectivity index (χ0n) is 9.08. The third-order valence-corrected chi connectivity index (χ3v) is 3.08. The van der Waals surface area contributed by atoms with E-state index in [-0.39, 0.29) is 17.7 Å². The van der Waals surface area contributed by atoms with Crippen LogP contribution in [0, 0.1) is 17.8 Å². The van der Waals surface area contributed by atoms with Gasteiger partial charge in [0.2, 0.25) is 0 Å². The summed E-state index contributed by atoms with van der Waals surface area (Å²) in [6.45, 7) is 4.19. The summed E-state index contributed by atoms with van der Waals surface area (Å²) in [6, 6.07) is 0. The number of carbonyl (C=O) groups excluding carboxylic acids is 2. The van der Waals surface area contributed by atoms with Gasteiger partial charge in [-0.15, -0.1) is 0 Å². The lowest BCUT2D eigenvalue weighted by Gasteiger charge is -2.31. The largest absolute Gasteiger partial charge is 0.469 e. The predicted octanol–water partition coefficient (Wildman–Crippen LogP) is 1.80. The molecule has 3 nitrogen and oxygen atoms in total. The molecular formula is C11H18O3. The summed E-state index contributed by atoms with van der Waals surface area (Å²) in [7, 11) is 1.39. The van der Waals surface area contributed by atoms with Gasteiger partial charge in [-0.25, -0.2) is 0 Å². The molecule has 0 saturated heterocycles. The molecule has 14 heavy (non-hydrogen) atoms. The van der Waals surface area contributed by atoms with Gasteiger partial charge < -0.3 is 4.74 Å². The average molecular weight is 198 g/mol. The first-order valence-electron chi connectivity index (χ1n) is 5.15. The summed E-state index contributed by atoms with van der Waals surface area (Å²) < 4.78 is 4.73. The second kappa shape index (κ2) is 4.58. The highest BCUT2D eigenvalue weighted by Gasteiger charge is 2.36. The van der Waals surface area contributed by atoms with Gasteiger partial charge >= 0.3 is 5.97 Å². The molecule has 0 N–H and O–H groups in total. The SMILES string of the molecule is COC(=O)C1CC(=O)CCC1C(C)C. The molecule has 3 heteroatoms. The fraction of sp³-hybridized carbons (Fsp3) is 0.818. The predicted molar refractivity (Wildman–Crippen MR) is 52.7 cm³/mol. The minimum Gasteiger partial charge on any atom is -0.469 e. The van der Waals surface area contributed by atoms with Crippen LogP contribution in [0.4, 0.5) is 0 Å². The molecule has 0 aromatic heterocycles. The third kappa shape index (κ3) is 2.34. The van der Waals surface area contributed by atoms with E-state index in [1.165, 1.54) is 7.11 Å². The van der Waals surface area contributed by atoms with Gasteiger partial charge in [0.15, 0.2) is 0 Å². The van der Waals surface area contributed by atoms with Crippen LogP contribution >= 0.6 is 0 Å². The second-order valence-corrected chi connectivity index (χ2v) is 4.32. The van der Waals surface area contributed by atoms with Crippen LogP contribution in [0.2, 0.25) is 0 Å². The van der Waals surface area contributed by atoms with Crippen LogP contribution in [-0.4, -0.2) is 18.9 Å². The summed E-state index contributed by atoms with van der Waals surface area (Å²) in [5.74, 6) is 0.502. The third-order valence-electron chi connectivity index (χ3n) is 3.08. The maximum Gasteiger partial charge on any atom is 0.309 e. The Balaban J connectivity index is 2.73. The molecule has 0 aromatic rings. The molecule has 1 aliphatic rings. The molecule has 2 atom stereocenters. The molecule has 0 aliphatic heterocycles. The molecule has 0 heterocycles. The molecule has 1 saturated carbocycles. The Kier molecular flexibility index (Phi) is 3.67. The van der Waals surface area contributed by atoms with Gasteiger partial charge in [-0.05, 0) is 18.3 Å². The Hall–Kier alpha value is -0.860. The van der Waals surface area contributed by atoms with Gasteiger partial charge in [-0.3, -0.25) is 9.59 Å². The van der Waals surface area contributed by atoms with Crippen molar-refractivity contribution in [3.63, 3.8) is 0 Å². The number of Topliss-reactive ketones (excluding diaryl/α,β-unsaturated/α-hetero) is 1. The van der Waals surface area contributed by atoms with E-state index in [0.717, 1.165) is 6.42 Å². The fourth-order valence-corrected chi connectivity index (χ4v) is 2.24. The second-order valence-electron chi connectivity index (χ2n) is 4.32. The van der Waals surface area contributed by atoms with Crippen molar-refractivity contribution in [3.05, 3.63) is 0 Å². The minimum atomic E-state index is -0.225. The van der Waals surface area contributed by atoms with E-state index in [1.807, 2.05) is 0 Å². The number of esters is 1. The van der Waals surface area contributed by atoms with E-state index < -0.39 is 0 Å². The topological polar surface area (TPSA) is 43.4 Å². The Labute approximate surface area is 84.8 Å². The minimum absolute atomic E-state index is 0.192. The van der Waals surface area contributed by atoms with Crippen molar-refractivity contribution in [2.75, 3.05) is 7.11 Å². The van der Waals surface area contributed by atoms with Gasteiger partial charge in [0.25, 0.3) is 0 Å². The number of carbonyl (C=O) groups is 2. The number of hydrogen-bond acceptors (Lipinski definition) is 3. The van der Waals surface area contributed by atoms with Crippen LogP contribution in [0.1, 0.15) is 33.1 Å². The molecule has 2 unspecified atom stereocenters. The first kappa shape index (κ1) is 11.2. The molecule has 0 aromatic carbocycles. The van der Waals surface area contributed by atoms with Crippen molar-refractivity contribution in [1.82, 2.24) is 0 Å². The van der Waals surface area contributed by atoms with Crippen LogP contribution in [0.5, 0.6) is 0 Å². The number of ether oxygens (including phenoxy) is 1. The van der Waals surface area contributed by atoms with Gasteiger partial charge in [0, 0.05) is 12.8 Å². The van der Waals surface area contributed by atoms with Gasteiger partial charge in [-0.2, -0.15) is 0 Å². The van der Waals surface area contributed by atoms with E-state index in [1.54, 1.807) is 0 Å². The van der Waals surface area contributed by atoms with E-state index in [2.05, 4.69) is 13.8 Å². The van der Waals surface area contributed by atoms with Crippen LogP contribution in [0.3, 0.4) is 0 Å². The van der Waals surface area contributed by atoms with Crippen molar-refractivity contribution in [2.45, 2.75) is 33.1 Å². The summed E-state index contributed by atoms with van der Waals surface area (Å²) >= 11 is 0. The Morgan fingerprint density at radius 3 is 2.64 bits per heavy atom. The lowest BCUT2D eigenvalue weighted by Crippen LogP contribution is -2.34. The maximum atomic E-state index is 11.5. The standard InChI is InChI=1S/C11H18O3/c1-7(2)9-5-4-8(12)6-10(9)11(13)14-3/h7,9-10H,4-6H2,1-3H3. The van der Waals surface area contributed by atoms with Crippen molar-refractivity contribution in [3.8, 4) is 0 Å². The lowest BCUT2D eigenvalue weighted by molar-refractivity contribution is -0.152. The maximum absolute atomic E-state index is 11.5. The number of methoxy groups -OCH3 is 1. The highest BCUT2D eigenvalue weighted by atomic mass is 16.5. The molecular weight excluding hydrogens is 180 g/mol. The zero-order valence-corrected chi connectivity index (χ0v) is 9.08. The molecule has 0 spiro atoms. The van der Waals surface area contributed by atoms with Crippen LogP contribution in [0.15, 0.2) is 0 Å². The smallest absolute Gasteiger partial charge is 0.309 e. The van der Waals surface area contributed by atoms with E-state index >= 15 is 0 Å². The summed E-state index contributed by atoms with van der Waals surface area (Å²) in [5, 5.41) is 0. The fourth-order valence-electron chi connectivity index (χ4n) is 2.24. The monoisotopic (exact) mass is 198 g/mol. The Morgan fingerprint density at radius 2 is 2.14 bits per heavy atom. The highest BCUT2D eigenvalue weighted by molar-refractivity contribution is 5.85. The van der Waals surface area contributed by atoms with Gasteiger partial charge in [0.05, 0.1) is 13.0 Å². The summed E-state index contributed by atoms with van der Waals surface area (Å²) in [6.07, 6.45) is 1.82. The molecule has 1 aliphatic carbocycles. The number of ketones is 1. The molecule has 1 rings (SSSR count). The van der Waals surface area contributed by atoms with Crippen molar-refractivity contribution in [2.24, 2.45) is 17.8 Å². The average Bonchev–Trinajstić information content (AvgIpc) is 2.16. The van der Waals surface area contributed by atoms with Crippen molar-refractivity contribution >= 4 is 11.8 Å². The first-order valence-corrected chi connectivity index (χ1v) is 5.15. The molecule has 0 radical (unpaired) electrons. The summed E-state index contributed by atoms with van der Waals surface area (Å²) in [4.78, 5) is 22.7. The lowest BCUT2D eigenvalue weighted by atomic mass is 9.73. The highest BCUT2D eigenvalue weighted by Crippen LogP contribution is 2.34. The Bertz CT molecular complexity index is 233. The van der Waals surface area contributed by atoms with E-state index in [0.29, 0.717) is 24.7 Å². The molecule has 0 bridgehead atoms. The van der Waals surface area contributed by atoms with Gasteiger partial charge in [-0.1, -0.05) is 13.8 Å². The first-order chi connectivity index (χ1) is 6.56. The van der Waals surface area contributed by atoms with Crippen LogP contribution in [-0.2, 0) is 14.3 Å². The van der Waals surface area contributed by atoms with E-state index in [4.69, 9.17) is 4.74 Å². The summed E-state index contributed by atoms with van der Waals surface area (Å²) in [5.41, 5.74) is 0. The normalized spacial score (nSPS) is 27.9. The number of hydrogen-bond donors (Lipinski definition) is 0. The molecule has 1 fully saturated rings.